The lowest BCUT2D eigenvalue weighted by molar-refractivity contribution is -0.162. The molecule has 2 aliphatic rings. The molecule has 1 aromatic carbocycles. The zero-order chi connectivity index (χ0) is 31.8. The van der Waals surface area contributed by atoms with Crippen LogP contribution in [0, 0.1) is 5.92 Å². The molecule has 0 bridgehead atoms. The molecule has 0 aliphatic carbocycles. The monoisotopic (exact) mass is 648 g/mol. The van der Waals surface area contributed by atoms with Crippen molar-refractivity contribution in [3.05, 3.63) is 41.1 Å². The molecule has 17 heteroatoms. The summed E-state index contributed by atoms with van der Waals surface area (Å²) >= 11 is 2.44. The van der Waals surface area contributed by atoms with Gasteiger partial charge in [0.15, 0.2) is 5.92 Å². The molecule has 44 heavy (non-hydrogen) atoms. The van der Waals surface area contributed by atoms with Crippen LogP contribution in [0.3, 0.4) is 0 Å². The van der Waals surface area contributed by atoms with Gasteiger partial charge in [-0.15, -0.1) is 16.9 Å². The number of carbonyl (C=O) groups is 5. The Bertz CT molecular complexity index is 1400. The Balaban J connectivity index is 1.74. The van der Waals surface area contributed by atoms with Gasteiger partial charge in [-0.2, -0.15) is 0 Å². The first kappa shape index (κ1) is 32.8. The predicted molar refractivity (Wildman–Crippen MR) is 156 cm³/mol. The molecule has 236 valence electrons. The van der Waals surface area contributed by atoms with Gasteiger partial charge in [0.2, 0.25) is 11.6 Å². The highest BCUT2D eigenvalue weighted by Gasteiger charge is 2.56. The van der Waals surface area contributed by atoms with E-state index in [1.165, 1.54) is 40.2 Å². The van der Waals surface area contributed by atoms with Crippen LogP contribution < -0.4 is 10.1 Å². The number of benzene rings is 1. The van der Waals surface area contributed by atoms with E-state index in [1.54, 1.807) is 45.2 Å². The summed E-state index contributed by atoms with van der Waals surface area (Å²) < 4.78 is 22.7. The molecule has 15 nitrogen and oxygen atoms in total. The summed E-state index contributed by atoms with van der Waals surface area (Å²) in [6.07, 6.45) is 0.310. The van der Waals surface area contributed by atoms with E-state index >= 15 is 0 Å². The topological polar surface area (TPSA) is 181 Å². The molecule has 0 spiro atoms. The number of methoxy groups -OCH3 is 1. The number of aryl methyl sites for hydroxylation is 1. The lowest BCUT2D eigenvalue weighted by Crippen LogP contribution is -2.70. The van der Waals surface area contributed by atoms with Gasteiger partial charge in [-0.25, -0.2) is 9.48 Å². The molecule has 3 heterocycles. The van der Waals surface area contributed by atoms with Crippen molar-refractivity contribution in [2.24, 2.45) is 13.0 Å². The summed E-state index contributed by atoms with van der Waals surface area (Å²) in [5.74, 6) is -3.39. The van der Waals surface area contributed by atoms with Crippen LogP contribution in [0.1, 0.15) is 25.8 Å². The van der Waals surface area contributed by atoms with Gasteiger partial charge in [-0.1, -0.05) is 23.9 Å². The van der Waals surface area contributed by atoms with Crippen molar-refractivity contribution in [3.8, 4) is 5.75 Å². The van der Waals surface area contributed by atoms with Crippen molar-refractivity contribution >= 4 is 53.7 Å². The Labute approximate surface area is 261 Å². The number of rotatable bonds is 15. The van der Waals surface area contributed by atoms with E-state index in [9.17, 15) is 24.0 Å². The normalized spacial score (nSPS) is 19.2. The molecule has 3 atom stereocenters. The third-order valence-electron chi connectivity index (χ3n) is 6.78. The van der Waals surface area contributed by atoms with Crippen molar-refractivity contribution in [2.45, 2.75) is 48.7 Å². The molecule has 1 aromatic heterocycles. The second kappa shape index (κ2) is 15.1. The Hall–Kier alpha value is -4.12. The second-order valence-corrected chi connectivity index (χ2v) is 11.7. The average molecular weight is 649 g/mol. The second-order valence-electron chi connectivity index (χ2n) is 9.45. The number of fused-ring (bicyclic) bond motifs is 1. The molecule has 1 fully saturated rings. The van der Waals surface area contributed by atoms with Crippen LogP contribution in [0.5, 0.6) is 5.75 Å². The quantitative estimate of drug-likeness (QED) is 0.0716. The summed E-state index contributed by atoms with van der Waals surface area (Å²) in [7, 11) is 3.19. The smallest absolute Gasteiger partial charge is 0.355 e. The fraction of sp³-hybridized carbons (Fsp3) is 0.481. The number of nitrogens with zero attached hydrogens (tertiary/aromatic N) is 5. The number of carbonyl (C=O) groups excluding carboxylic acids is 5. The van der Waals surface area contributed by atoms with Crippen LogP contribution in [0.4, 0.5) is 0 Å². The van der Waals surface area contributed by atoms with E-state index in [0.717, 1.165) is 0 Å². The van der Waals surface area contributed by atoms with Gasteiger partial charge >= 0.3 is 17.9 Å². The van der Waals surface area contributed by atoms with Crippen LogP contribution in [0.25, 0.3) is 0 Å². The number of hydrogen-bond acceptors (Lipinski definition) is 14. The standard InChI is InChI=1S/C27H32N6O9S2/c1-5-40-24(36)17(25(37)41-6-2)11-19-18(13-43-27-29-30-31-32(27)3)21(33-22(35)20(28-14-34)23(33)44-19)26(38)42-12-15-7-9-16(39-4)10-8-15/h7-10,14,17,19-20,23H,5-6,11-13H2,1-4H3,(H,28,34). The maximum absolute atomic E-state index is 13.8. The fourth-order valence-corrected chi connectivity index (χ4v) is 7.36. The summed E-state index contributed by atoms with van der Waals surface area (Å²) in [4.78, 5) is 65.5. The molecule has 3 unspecified atom stereocenters. The number of ether oxygens (including phenoxy) is 4. The molecule has 2 aliphatic heterocycles. The van der Waals surface area contributed by atoms with Gasteiger partial charge in [0, 0.05) is 18.1 Å². The van der Waals surface area contributed by atoms with Crippen LogP contribution in [-0.2, 0) is 51.8 Å². The van der Waals surface area contributed by atoms with Crippen molar-refractivity contribution in [1.29, 1.82) is 0 Å². The number of β-lactam (4-membered cyclic amide) rings is 1. The zero-order valence-corrected chi connectivity index (χ0v) is 26.1. The fourth-order valence-electron chi connectivity index (χ4n) is 4.63. The van der Waals surface area contributed by atoms with Crippen molar-refractivity contribution in [1.82, 2.24) is 30.4 Å². The maximum atomic E-state index is 13.8. The first-order valence-corrected chi connectivity index (χ1v) is 15.6. The Morgan fingerprint density at radius 3 is 2.36 bits per heavy atom. The maximum Gasteiger partial charge on any atom is 0.355 e. The lowest BCUT2D eigenvalue weighted by atomic mass is 9.95. The van der Waals surface area contributed by atoms with Crippen LogP contribution >= 0.6 is 23.5 Å². The Morgan fingerprint density at radius 2 is 1.80 bits per heavy atom. The summed E-state index contributed by atoms with van der Waals surface area (Å²) in [6, 6.07) is 6.00. The third-order valence-corrected chi connectivity index (χ3v) is 9.41. The molecule has 1 saturated heterocycles. The zero-order valence-electron chi connectivity index (χ0n) is 24.5. The van der Waals surface area contributed by atoms with Crippen molar-refractivity contribution in [2.75, 3.05) is 26.1 Å². The Kier molecular flexibility index (Phi) is 11.2. The number of aromatic nitrogens is 4. The minimum absolute atomic E-state index is 0.0321. The molecule has 2 aromatic rings. The van der Waals surface area contributed by atoms with Crippen LogP contribution in [-0.4, -0.2) is 98.1 Å². The first-order valence-electron chi connectivity index (χ1n) is 13.6. The lowest BCUT2D eigenvalue weighted by Gasteiger charge is -2.51. The predicted octanol–water partition coefficient (Wildman–Crippen LogP) is 0.839. The highest BCUT2D eigenvalue weighted by molar-refractivity contribution is 8.01. The van der Waals surface area contributed by atoms with Gasteiger partial charge in [0.05, 0.1) is 20.3 Å². The van der Waals surface area contributed by atoms with E-state index < -0.39 is 46.4 Å². The molecule has 2 amide bonds. The highest BCUT2D eigenvalue weighted by atomic mass is 32.2. The molecule has 0 saturated carbocycles. The SMILES string of the molecule is CCOC(=O)C(CC1SC2C(NC=O)C(=O)N2C(C(=O)OCc2ccc(OC)cc2)=C1CSc1nnnn1C)C(=O)OCC. The summed E-state index contributed by atoms with van der Waals surface area (Å²) in [5, 5.41) is 13.0. The van der Waals surface area contributed by atoms with E-state index in [-0.39, 0.29) is 37.7 Å². The number of nitrogens with one attached hydrogen (secondary N) is 1. The van der Waals surface area contributed by atoms with Crippen LogP contribution in [0.15, 0.2) is 40.7 Å². The molecule has 0 radical (unpaired) electrons. The average Bonchev–Trinajstić information content (AvgIpc) is 3.44. The third kappa shape index (κ3) is 7.15. The molecular weight excluding hydrogens is 616 g/mol. The number of hydrogen-bond donors (Lipinski definition) is 1. The Morgan fingerprint density at radius 1 is 1.11 bits per heavy atom. The minimum atomic E-state index is -1.31. The highest BCUT2D eigenvalue weighted by Crippen LogP contribution is 2.47. The number of esters is 3. The van der Waals surface area contributed by atoms with Gasteiger partial charge in [0.1, 0.15) is 29.5 Å². The van der Waals surface area contributed by atoms with Gasteiger partial charge in [-0.3, -0.25) is 24.1 Å². The van der Waals surface area contributed by atoms with Gasteiger partial charge in [-0.05, 0) is 54.0 Å². The van der Waals surface area contributed by atoms with Crippen LogP contribution in [0.2, 0.25) is 0 Å². The molecular formula is C27H32N6O9S2. The number of thioether (sulfide) groups is 2. The number of tetrazole rings is 1. The largest absolute Gasteiger partial charge is 0.497 e. The number of amides is 2. The van der Waals surface area contributed by atoms with Crippen molar-refractivity contribution < 1.29 is 42.9 Å². The first-order chi connectivity index (χ1) is 21.2. The molecule has 1 N–H and O–H groups in total. The van der Waals surface area contributed by atoms with Crippen molar-refractivity contribution in [3.63, 3.8) is 0 Å². The summed E-state index contributed by atoms with van der Waals surface area (Å²) in [6.45, 7) is 3.23. The van der Waals surface area contributed by atoms with Gasteiger partial charge in [0.25, 0.3) is 5.91 Å². The minimum Gasteiger partial charge on any atom is -0.497 e. The summed E-state index contributed by atoms with van der Waals surface area (Å²) in [5.41, 5.74) is 1.07. The van der Waals surface area contributed by atoms with E-state index in [2.05, 4.69) is 20.8 Å². The van der Waals surface area contributed by atoms with Gasteiger partial charge < -0.3 is 24.3 Å². The van der Waals surface area contributed by atoms with E-state index in [0.29, 0.717) is 28.5 Å². The van der Waals surface area contributed by atoms with E-state index in [1.807, 2.05) is 0 Å². The van der Waals surface area contributed by atoms with E-state index in [4.69, 9.17) is 18.9 Å². The molecule has 4 rings (SSSR count).